The van der Waals surface area contributed by atoms with Gasteiger partial charge in [-0.15, -0.1) is 0 Å². The Bertz CT molecular complexity index is 826. The minimum Gasteiger partial charge on any atom is -0.491 e. The first kappa shape index (κ1) is 17.1. The first-order chi connectivity index (χ1) is 11.9. The van der Waals surface area contributed by atoms with E-state index in [1.54, 1.807) is 19.2 Å². The van der Waals surface area contributed by atoms with Crippen molar-refractivity contribution < 1.29 is 23.4 Å². The molecule has 0 spiro atoms. The molecule has 0 aliphatic carbocycles. The third-order valence-corrected chi connectivity index (χ3v) is 4.39. The fourth-order valence-corrected chi connectivity index (χ4v) is 3.15. The molecule has 0 saturated carbocycles. The molecule has 1 aromatic carbocycles. The average molecular weight is 348 g/mol. The molecule has 7 heteroatoms. The van der Waals surface area contributed by atoms with Gasteiger partial charge >= 0.3 is 5.97 Å². The Morgan fingerprint density at radius 1 is 1.40 bits per heavy atom. The van der Waals surface area contributed by atoms with Gasteiger partial charge in [0.05, 0.1) is 12.6 Å². The maximum Gasteiger partial charge on any atom is 0.354 e. The normalized spacial score (nSPS) is 16.5. The van der Waals surface area contributed by atoms with Gasteiger partial charge < -0.3 is 14.7 Å². The predicted molar refractivity (Wildman–Crippen MR) is 88.2 cm³/mol. The maximum atomic E-state index is 13.9. The van der Waals surface area contributed by atoms with E-state index in [2.05, 4.69) is 4.98 Å². The highest BCUT2D eigenvalue weighted by Crippen LogP contribution is 2.36. The monoisotopic (exact) mass is 348 g/mol. The van der Waals surface area contributed by atoms with Gasteiger partial charge in [0.1, 0.15) is 5.69 Å². The highest BCUT2D eigenvalue weighted by atomic mass is 19.2. The van der Waals surface area contributed by atoms with E-state index in [0.29, 0.717) is 18.7 Å². The Kier molecular flexibility index (Phi) is 4.57. The number of carboxylic acids is 1. The molecule has 2 aromatic rings. The van der Waals surface area contributed by atoms with Gasteiger partial charge in [0.25, 0.3) is 0 Å². The molecule has 0 radical (unpaired) electrons. The molecule has 1 N–H and O–H groups in total. The largest absolute Gasteiger partial charge is 0.491 e. The van der Waals surface area contributed by atoms with Gasteiger partial charge in [-0.05, 0) is 37.5 Å². The van der Waals surface area contributed by atoms with Crippen molar-refractivity contribution in [1.29, 1.82) is 0 Å². The molecular formula is C18H18F2N2O3. The number of aromatic nitrogens is 1. The van der Waals surface area contributed by atoms with Crippen molar-refractivity contribution in [2.75, 3.05) is 18.1 Å². The summed E-state index contributed by atoms with van der Waals surface area (Å²) in [7, 11) is 0. The van der Waals surface area contributed by atoms with Crippen LogP contribution in [0.1, 0.15) is 41.5 Å². The van der Waals surface area contributed by atoms with Gasteiger partial charge in [-0.2, -0.15) is 4.39 Å². The van der Waals surface area contributed by atoms with Crippen LogP contribution in [0.2, 0.25) is 0 Å². The van der Waals surface area contributed by atoms with E-state index in [9.17, 15) is 13.6 Å². The van der Waals surface area contributed by atoms with E-state index < -0.39 is 17.6 Å². The van der Waals surface area contributed by atoms with Crippen LogP contribution in [0.3, 0.4) is 0 Å². The van der Waals surface area contributed by atoms with Crippen molar-refractivity contribution >= 4 is 11.7 Å². The van der Waals surface area contributed by atoms with E-state index in [1.807, 2.05) is 11.8 Å². The summed E-state index contributed by atoms with van der Waals surface area (Å²) in [5.41, 5.74) is 2.30. The number of nitrogens with zero attached hydrogens (tertiary/aromatic N) is 2. The zero-order chi connectivity index (χ0) is 18.1. The molecule has 1 atom stereocenters. The number of hydrogen-bond acceptors (Lipinski definition) is 4. The minimum absolute atomic E-state index is 0.00542. The highest BCUT2D eigenvalue weighted by Gasteiger charge is 2.27. The number of hydrogen-bond donors (Lipinski definition) is 1. The SMILES string of the molecule is CCOc1cc(N2CCc3cc(C(=O)O)ncc3[C@@H]2C)cc(F)c1F. The van der Waals surface area contributed by atoms with Gasteiger partial charge in [-0.1, -0.05) is 0 Å². The summed E-state index contributed by atoms with van der Waals surface area (Å²) in [5, 5.41) is 9.06. The molecule has 25 heavy (non-hydrogen) atoms. The fourth-order valence-electron chi connectivity index (χ4n) is 3.15. The van der Waals surface area contributed by atoms with Crippen molar-refractivity contribution in [1.82, 2.24) is 4.98 Å². The quantitative estimate of drug-likeness (QED) is 0.915. The van der Waals surface area contributed by atoms with E-state index in [4.69, 9.17) is 9.84 Å². The predicted octanol–water partition coefficient (Wildman–Crippen LogP) is 3.58. The zero-order valence-corrected chi connectivity index (χ0v) is 13.9. The number of aromatic carboxylic acids is 1. The number of ether oxygens (including phenoxy) is 1. The minimum atomic E-state index is -1.07. The Balaban J connectivity index is 1.96. The summed E-state index contributed by atoms with van der Waals surface area (Å²) >= 11 is 0. The lowest BCUT2D eigenvalue weighted by molar-refractivity contribution is 0.0690. The molecule has 0 amide bonds. The molecule has 3 rings (SSSR count). The van der Waals surface area contributed by atoms with Crippen LogP contribution in [0.25, 0.3) is 0 Å². The molecule has 1 aliphatic heterocycles. The number of fused-ring (bicyclic) bond motifs is 1. The zero-order valence-electron chi connectivity index (χ0n) is 13.9. The van der Waals surface area contributed by atoms with Crippen LogP contribution in [0.15, 0.2) is 24.4 Å². The second-order valence-electron chi connectivity index (χ2n) is 5.87. The first-order valence-electron chi connectivity index (χ1n) is 8.03. The van der Waals surface area contributed by atoms with Crippen LogP contribution in [-0.4, -0.2) is 29.2 Å². The first-order valence-corrected chi connectivity index (χ1v) is 8.03. The van der Waals surface area contributed by atoms with Gasteiger partial charge in [0.2, 0.25) is 5.82 Å². The lowest BCUT2D eigenvalue weighted by Crippen LogP contribution is -2.34. The summed E-state index contributed by atoms with van der Waals surface area (Å²) in [6, 6.07) is 4.06. The molecule has 0 fully saturated rings. The summed E-state index contributed by atoms with van der Waals surface area (Å²) in [6.45, 7) is 4.41. The summed E-state index contributed by atoms with van der Waals surface area (Å²) < 4.78 is 32.9. The van der Waals surface area contributed by atoms with Gasteiger partial charge in [0, 0.05) is 30.6 Å². The Hall–Kier alpha value is -2.70. The van der Waals surface area contributed by atoms with E-state index >= 15 is 0 Å². The van der Waals surface area contributed by atoms with Crippen molar-refractivity contribution in [3.8, 4) is 5.75 Å². The third kappa shape index (κ3) is 3.14. The average Bonchev–Trinajstić information content (AvgIpc) is 2.59. The molecule has 0 bridgehead atoms. The van der Waals surface area contributed by atoms with Gasteiger partial charge in [-0.25, -0.2) is 14.2 Å². The summed E-state index contributed by atoms with van der Waals surface area (Å²) in [6.07, 6.45) is 2.13. The second kappa shape index (κ2) is 6.66. The smallest absolute Gasteiger partial charge is 0.354 e. The van der Waals surface area contributed by atoms with Crippen LogP contribution in [0.5, 0.6) is 5.75 Å². The molecule has 132 valence electrons. The summed E-state index contributed by atoms with van der Waals surface area (Å²) in [5.74, 6) is -3.14. The van der Waals surface area contributed by atoms with Crippen molar-refractivity contribution in [3.05, 3.63) is 52.9 Å². The van der Waals surface area contributed by atoms with Gasteiger partial charge in [0.15, 0.2) is 11.6 Å². The Morgan fingerprint density at radius 3 is 2.84 bits per heavy atom. The third-order valence-electron chi connectivity index (χ3n) is 4.39. The summed E-state index contributed by atoms with van der Waals surface area (Å²) in [4.78, 5) is 16.9. The number of rotatable bonds is 4. The lowest BCUT2D eigenvalue weighted by atomic mass is 9.94. The molecule has 5 nitrogen and oxygen atoms in total. The molecule has 0 unspecified atom stereocenters. The number of benzene rings is 1. The molecule has 0 saturated heterocycles. The van der Waals surface area contributed by atoms with E-state index in [0.717, 1.165) is 17.2 Å². The van der Waals surface area contributed by atoms with Crippen LogP contribution < -0.4 is 9.64 Å². The number of carbonyl (C=O) groups is 1. The Labute approximate surface area is 143 Å². The Morgan fingerprint density at radius 2 is 2.16 bits per heavy atom. The molecule has 1 aliphatic rings. The van der Waals surface area contributed by atoms with Crippen molar-refractivity contribution in [3.63, 3.8) is 0 Å². The topological polar surface area (TPSA) is 62.7 Å². The van der Waals surface area contributed by atoms with E-state index in [1.165, 1.54) is 6.07 Å². The highest BCUT2D eigenvalue weighted by molar-refractivity contribution is 5.85. The standard InChI is InChI=1S/C18H18F2N2O3/c1-3-25-16-8-12(7-14(19)17(16)20)22-5-4-11-6-15(18(23)24)21-9-13(11)10(22)2/h6-10H,3-5H2,1-2H3,(H,23,24)/t10-/m0/s1. The fraction of sp³-hybridized carbons (Fsp3) is 0.333. The molecular weight excluding hydrogens is 330 g/mol. The number of anilines is 1. The second-order valence-corrected chi connectivity index (χ2v) is 5.87. The van der Waals surface area contributed by atoms with Crippen LogP contribution in [0.4, 0.5) is 14.5 Å². The van der Waals surface area contributed by atoms with Crippen molar-refractivity contribution in [2.24, 2.45) is 0 Å². The lowest BCUT2D eigenvalue weighted by Gasteiger charge is -2.37. The van der Waals surface area contributed by atoms with Gasteiger partial charge in [-0.3, -0.25) is 0 Å². The molecule has 2 heterocycles. The van der Waals surface area contributed by atoms with Crippen LogP contribution in [-0.2, 0) is 6.42 Å². The maximum absolute atomic E-state index is 13.9. The van der Waals surface area contributed by atoms with Crippen LogP contribution in [0, 0.1) is 11.6 Å². The number of carboxylic acid groups (broad SMARTS) is 1. The van der Waals surface area contributed by atoms with E-state index in [-0.39, 0.29) is 24.1 Å². The van der Waals surface area contributed by atoms with Crippen molar-refractivity contribution in [2.45, 2.75) is 26.3 Å². The number of halogens is 2. The van der Waals surface area contributed by atoms with Crippen LogP contribution >= 0.6 is 0 Å². The number of pyridine rings is 1. The molecule has 1 aromatic heterocycles.